The summed E-state index contributed by atoms with van der Waals surface area (Å²) in [7, 11) is 0. The van der Waals surface area contributed by atoms with Gasteiger partial charge in [-0.2, -0.15) is 0 Å². The van der Waals surface area contributed by atoms with Crippen molar-refractivity contribution in [3.05, 3.63) is 146 Å². The van der Waals surface area contributed by atoms with Crippen LogP contribution in [-0.4, -0.2) is 9.13 Å². The van der Waals surface area contributed by atoms with Crippen molar-refractivity contribution in [3.63, 3.8) is 0 Å². The highest BCUT2D eigenvalue weighted by Gasteiger charge is 2.20. The van der Waals surface area contributed by atoms with Crippen LogP contribution < -0.4 is 0 Å². The third-order valence-corrected chi connectivity index (χ3v) is 7.70. The summed E-state index contributed by atoms with van der Waals surface area (Å²) in [4.78, 5) is 0. The fourth-order valence-electron chi connectivity index (χ4n) is 6.09. The van der Waals surface area contributed by atoms with E-state index in [0.717, 1.165) is 0 Å². The Labute approximate surface area is 220 Å². The number of hydrogen-bond donors (Lipinski definition) is 0. The summed E-state index contributed by atoms with van der Waals surface area (Å²) in [5.74, 6) is 0. The van der Waals surface area contributed by atoms with Gasteiger partial charge < -0.3 is 9.13 Å². The molecule has 2 nitrogen and oxygen atoms in total. The Morgan fingerprint density at radius 2 is 0.816 bits per heavy atom. The monoisotopic (exact) mass is 484 g/mol. The van der Waals surface area contributed by atoms with Gasteiger partial charge in [-0.05, 0) is 59.7 Å². The Kier molecular flexibility index (Phi) is 4.55. The maximum absolute atomic E-state index is 2.42. The van der Waals surface area contributed by atoms with Crippen LogP contribution in [0.25, 0.3) is 66.1 Å². The smallest absolute Gasteiger partial charge is 0.0548 e. The average Bonchev–Trinajstić information content (AvgIpc) is 3.51. The van der Waals surface area contributed by atoms with Crippen molar-refractivity contribution in [2.24, 2.45) is 0 Å². The molecule has 0 atom stereocenters. The lowest BCUT2D eigenvalue weighted by molar-refractivity contribution is 1.17. The van der Waals surface area contributed by atoms with Gasteiger partial charge in [-0.3, -0.25) is 0 Å². The van der Waals surface area contributed by atoms with Gasteiger partial charge in [0, 0.05) is 32.9 Å². The Balaban J connectivity index is 1.57. The molecule has 0 aliphatic carbocycles. The topological polar surface area (TPSA) is 9.86 Å². The van der Waals surface area contributed by atoms with E-state index >= 15 is 0 Å². The molecule has 8 aromatic rings. The lowest BCUT2D eigenvalue weighted by atomic mass is 10.0. The van der Waals surface area contributed by atoms with Crippen molar-refractivity contribution >= 4 is 43.6 Å². The first kappa shape index (κ1) is 21.0. The van der Waals surface area contributed by atoms with Gasteiger partial charge in [0.2, 0.25) is 0 Å². The van der Waals surface area contributed by atoms with Crippen LogP contribution in [0.15, 0.2) is 146 Å². The highest BCUT2D eigenvalue weighted by Crippen LogP contribution is 2.43. The van der Waals surface area contributed by atoms with Gasteiger partial charge in [0.25, 0.3) is 0 Å². The zero-order chi connectivity index (χ0) is 25.1. The van der Waals surface area contributed by atoms with Crippen LogP contribution in [0.3, 0.4) is 0 Å². The number of hydrogen-bond acceptors (Lipinski definition) is 0. The molecule has 0 aliphatic rings. The van der Waals surface area contributed by atoms with E-state index in [2.05, 4.69) is 155 Å². The third-order valence-electron chi connectivity index (χ3n) is 7.70. The zero-order valence-corrected chi connectivity index (χ0v) is 20.8. The second-order valence-corrected chi connectivity index (χ2v) is 9.81. The van der Waals surface area contributed by atoms with Gasteiger partial charge >= 0.3 is 0 Å². The quantitative estimate of drug-likeness (QED) is 0.236. The van der Waals surface area contributed by atoms with E-state index in [1.807, 2.05) is 0 Å². The standard InChI is InChI=1S/C36H24N2/c1-4-12-25(13-5-1)26-20-21-30-34(24-26)38(28-16-8-3-9-17-28)33-23-22-32-35(36(30)33)29-18-10-11-19-31(29)37(32)27-14-6-2-7-15-27/h1-24H. The molecule has 0 fully saturated rings. The normalized spacial score (nSPS) is 11.7. The first-order valence-electron chi connectivity index (χ1n) is 13.0. The zero-order valence-electron chi connectivity index (χ0n) is 20.8. The molecule has 6 aromatic carbocycles. The molecule has 2 heteroatoms. The number of benzene rings is 6. The maximum Gasteiger partial charge on any atom is 0.0548 e. The Morgan fingerprint density at radius 3 is 1.45 bits per heavy atom. The number of fused-ring (bicyclic) bond motifs is 7. The van der Waals surface area contributed by atoms with E-state index in [4.69, 9.17) is 0 Å². The summed E-state index contributed by atoms with van der Waals surface area (Å²) in [5.41, 5.74) is 9.69. The van der Waals surface area contributed by atoms with Gasteiger partial charge in [0.1, 0.15) is 0 Å². The summed E-state index contributed by atoms with van der Waals surface area (Å²) in [6, 6.07) is 52.4. The summed E-state index contributed by atoms with van der Waals surface area (Å²) >= 11 is 0. The number of rotatable bonds is 3. The molecule has 2 aromatic heterocycles. The second kappa shape index (κ2) is 8.22. The molecule has 0 aliphatic heterocycles. The molecule has 178 valence electrons. The first-order valence-corrected chi connectivity index (χ1v) is 13.0. The molecule has 0 unspecified atom stereocenters. The van der Waals surface area contributed by atoms with Crippen LogP contribution in [0.5, 0.6) is 0 Å². The first-order chi connectivity index (χ1) is 18.9. The lowest BCUT2D eigenvalue weighted by Gasteiger charge is -2.09. The number of para-hydroxylation sites is 3. The summed E-state index contributed by atoms with van der Waals surface area (Å²) in [6.07, 6.45) is 0. The fourth-order valence-corrected chi connectivity index (χ4v) is 6.09. The van der Waals surface area contributed by atoms with E-state index in [0.29, 0.717) is 0 Å². The van der Waals surface area contributed by atoms with Crippen LogP contribution in [-0.2, 0) is 0 Å². The lowest BCUT2D eigenvalue weighted by Crippen LogP contribution is -1.94. The van der Waals surface area contributed by atoms with Crippen molar-refractivity contribution in [1.82, 2.24) is 9.13 Å². The predicted octanol–water partition coefficient (Wildman–Crippen LogP) is 9.55. The van der Waals surface area contributed by atoms with E-state index in [1.54, 1.807) is 0 Å². The van der Waals surface area contributed by atoms with Gasteiger partial charge in [0.05, 0.1) is 22.1 Å². The number of nitrogens with zero attached hydrogens (tertiary/aromatic N) is 2. The van der Waals surface area contributed by atoms with Crippen molar-refractivity contribution in [2.45, 2.75) is 0 Å². The fraction of sp³-hybridized carbons (Fsp3) is 0. The molecular weight excluding hydrogens is 460 g/mol. The average molecular weight is 485 g/mol. The molecular formula is C36H24N2. The van der Waals surface area contributed by atoms with Crippen LogP contribution in [0.2, 0.25) is 0 Å². The van der Waals surface area contributed by atoms with Crippen molar-refractivity contribution in [1.29, 1.82) is 0 Å². The summed E-state index contributed by atoms with van der Waals surface area (Å²) in [5, 5.41) is 5.14. The molecule has 0 N–H and O–H groups in total. The molecule has 0 amide bonds. The summed E-state index contributed by atoms with van der Waals surface area (Å²) < 4.78 is 4.82. The van der Waals surface area contributed by atoms with Crippen LogP contribution in [0.4, 0.5) is 0 Å². The van der Waals surface area contributed by atoms with Crippen molar-refractivity contribution < 1.29 is 0 Å². The molecule has 0 saturated carbocycles. The van der Waals surface area contributed by atoms with Gasteiger partial charge in [-0.15, -0.1) is 0 Å². The molecule has 0 saturated heterocycles. The predicted molar refractivity (Wildman–Crippen MR) is 161 cm³/mol. The SMILES string of the molecule is c1ccc(-c2ccc3c4c5c6ccccc6n(-c6ccccc6)c5ccc4n(-c4ccccc4)c3c2)cc1. The van der Waals surface area contributed by atoms with Crippen molar-refractivity contribution in [3.8, 4) is 22.5 Å². The Bertz CT molecular complexity index is 2100. The Hall–Kier alpha value is -5.08. The van der Waals surface area contributed by atoms with Crippen LogP contribution in [0, 0.1) is 0 Å². The molecule has 38 heavy (non-hydrogen) atoms. The molecule has 2 heterocycles. The highest BCUT2D eigenvalue weighted by molar-refractivity contribution is 6.29. The van der Waals surface area contributed by atoms with Crippen LogP contribution in [0.1, 0.15) is 0 Å². The minimum Gasteiger partial charge on any atom is -0.309 e. The van der Waals surface area contributed by atoms with Gasteiger partial charge in [-0.25, -0.2) is 0 Å². The molecule has 0 bridgehead atoms. The number of aromatic nitrogens is 2. The minimum absolute atomic E-state index is 1.17. The molecule has 8 rings (SSSR count). The van der Waals surface area contributed by atoms with Crippen molar-refractivity contribution in [2.75, 3.05) is 0 Å². The third kappa shape index (κ3) is 3.01. The summed E-state index contributed by atoms with van der Waals surface area (Å²) in [6.45, 7) is 0. The molecule has 0 spiro atoms. The largest absolute Gasteiger partial charge is 0.309 e. The van der Waals surface area contributed by atoms with Gasteiger partial charge in [0.15, 0.2) is 0 Å². The van der Waals surface area contributed by atoms with E-state index in [1.165, 1.54) is 66.1 Å². The van der Waals surface area contributed by atoms with Crippen LogP contribution >= 0.6 is 0 Å². The highest BCUT2D eigenvalue weighted by atomic mass is 15.0. The second-order valence-electron chi connectivity index (χ2n) is 9.81. The minimum atomic E-state index is 1.17. The maximum atomic E-state index is 2.42. The van der Waals surface area contributed by atoms with E-state index < -0.39 is 0 Å². The van der Waals surface area contributed by atoms with Gasteiger partial charge in [-0.1, -0.05) is 97.1 Å². The van der Waals surface area contributed by atoms with E-state index in [9.17, 15) is 0 Å². The Morgan fingerprint density at radius 1 is 0.316 bits per heavy atom. The van der Waals surface area contributed by atoms with E-state index in [-0.39, 0.29) is 0 Å². The molecule has 0 radical (unpaired) electrons.